The molecule has 6 nitrogen and oxygen atoms in total. The summed E-state index contributed by atoms with van der Waals surface area (Å²) in [6.45, 7) is 1.29. The van der Waals surface area contributed by atoms with Crippen LogP contribution in [0.2, 0.25) is 0 Å². The molecule has 0 N–H and O–H groups in total. The Morgan fingerprint density at radius 3 is 2.91 bits per heavy atom. The molecule has 0 atom stereocenters. The molecule has 0 aliphatic carbocycles. The number of hydrogen-bond acceptors (Lipinski definition) is 5. The quantitative estimate of drug-likeness (QED) is 0.522. The lowest BCUT2D eigenvalue weighted by atomic mass is 10.5. The smallest absolute Gasteiger partial charge is 0.304 e. The molecule has 10 heteroatoms. The molecular formula is C13H11F2N5OS2. The van der Waals surface area contributed by atoms with Crippen molar-refractivity contribution in [1.82, 2.24) is 23.7 Å². The standard InChI is InChI=1S/C13H11F2N5OS2/c1-2-4-20-10-9(23-13(20)22)11(21)18(7-17-10)6-8-16-3-5-19(8)12(14)15/h2-3,5,7,12H,1,4,6H2. The summed E-state index contributed by atoms with van der Waals surface area (Å²) in [5.41, 5.74) is 0.135. The Morgan fingerprint density at radius 1 is 1.43 bits per heavy atom. The maximum absolute atomic E-state index is 12.9. The Balaban J connectivity index is 2.08. The molecule has 3 aromatic heterocycles. The molecule has 0 aliphatic heterocycles. The van der Waals surface area contributed by atoms with Gasteiger partial charge in [0, 0.05) is 18.9 Å². The van der Waals surface area contributed by atoms with Crippen molar-refractivity contribution in [3.63, 3.8) is 0 Å². The molecule has 3 rings (SSSR count). The van der Waals surface area contributed by atoms with Crippen LogP contribution in [0.5, 0.6) is 0 Å². The number of hydrogen-bond donors (Lipinski definition) is 0. The molecule has 0 aliphatic rings. The van der Waals surface area contributed by atoms with Crippen LogP contribution in [-0.4, -0.2) is 23.7 Å². The normalized spacial score (nSPS) is 11.4. The van der Waals surface area contributed by atoms with Crippen LogP contribution in [0.15, 0.2) is 36.2 Å². The summed E-state index contributed by atoms with van der Waals surface area (Å²) in [5, 5.41) is 0. The summed E-state index contributed by atoms with van der Waals surface area (Å²) < 4.78 is 30.3. The predicted molar refractivity (Wildman–Crippen MR) is 85.5 cm³/mol. The summed E-state index contributed by atoms with van der Waals surface area (Å²) >= 11 is 6.36. The first-order valence-corrected chi connectivity index (χ1v) is 7.75. The zero-order valence-corrected chi connectivity index (χ0v) is 13.4. The highest BCUT2D eigenvalue weighted by atomic mass is 32.1. The monoisotopic (exact) mass is 355 g/mol. The van der Waals surface area contributed by atoms with Gasteiger partial charge in [0.05, 0.1) is 6.54 Å². The summed E-state index contributed by atoms with van der Waals surface area (Å²) in [6, 6.07) is 0. The van der Waals surface area contributed by atoms with Crippen molar-refractivity contribution in [2.75, 3.05) is 0 Å². The Labute approximate surface area is 138 Å². The van der Waals surface area contributed by atoms with Crippen molar-refractivity contribution >= 4 is 33.9 Å². The van der Waals surface area contributed by atoms with Gasteiger partial charge in [0.25, 0.3) is 5.56 Å². The zero-order valence-electron chi connectivity index (χ0n) is 11.7. The van der Waals surface area contributed by atoms with E-state index in [1.807, 2.05) is 0 Å². The van der Waals surface area contributed by atoms with Crippen molar-refractivity contribution in [3.05, 3.63) is 51.5 Å². The molecule has 0 bridgehead atoms. The third kappa shape index (κ3) is 2.75. The highest BCUT2D eigenvalue weighted by Gasteiger charge is 2.15. The van der Waals surface area contributed by atoms with E-state index in [1.165, 1.54) is 23.3 Å². The van der Waals surface area contributed by atoms with Crippen molar-refractivity contribution in [2.45, 2.75) is 19.6 Å². The first-order valence-electron chi connectivity index (χ1n) is 6.52. The first kappa shape index (κ1) is 15.7. The minimum Gasteiger partial charge on any atom is -0.304 e. The van der Waals surface area contributed by atoms with Crippen LogP contribution in [-0.2, 0) is 13.1 Å². The fourth-order valence-electron chi connectivity index (χ4n) is 2.17. The predicted octanol–water partition coefficient (Wildman–Crippen LogP) is 2.81. The van der Waals surface area contributed by atoms with Crippen molar-refractivity contribution < 1.29 is 8.78 Å². The van der Waals surface area contributed by atoms with Gasteiger partial charge in [-0.3, -0.25) is 13.9 Å². The van der Waals surface area contributed by atoms with Crippen molar-refractivity contribution in [1.29, 1.82) is 0 Å². The molecule has 23 heavy (non-hydrogen) atoms. The highest BCUT2D eigenvalue weighted by Crippen LogP contribution is 2.18. The number of imidazole rings is 1. The number of aromatic nitrogens is 5. The minimum atomic E-state index is -2.71. The van der Waals surface area contributed by atoms with E-state index in [1.54, 1.807) is 10.6 Å². The molecule has 0 radical (unpaired) electrons. The van der Waals surface area contributed by atoms with E-state index in [0.29, 0.717) is 25.4 Å². The van der Waals surface area contributed by atoms with E-state index in [9.17, 15) is 13.6 Å². The molecule has 3 aromatic rings. The molecule has 0 fully saturated rings. The molecule has 120 valence electrons. The summed E-state index contributed by atoms with van der Waals surface area (Å²) in [4.78, 5) is 20.6. The number of thiazole rings is 1. The van der Waals surface area contributed by atoms with Crippen LogP contribution in [0, 0.1) is 3.95 Å². The Morgan fingerprint density at radius 2 is 2.22 bits per heavy atom. The maximum Gasteiger partial charge on any atom is 0.319 e. The van der Waals surface area contributed by atoms with Gasteiger partial charge in [0.1, 0.15) is 16.9 Å². The SMILES string of the molecule is C=CCn1c(=S)sc2c(=O)n(Cc3nccn3C(F)F)cnc21. The summed E-state index contributed by atoms with van der Waals surface area (Å²) in [5.74, 6) is 0.0809. The second-order valence-corrected chi connectivity index (χ2v) is 6.27. The Bertz CT molecular complexity index is 984. The van der Waals surface area contributed by atoms with E-state index in [-0.39, 0.29) is 17.9 Å². The second-order valence-electron chi connectivity index (χ2n) is 4.63. The van der Waals surface area contributed by atoms with Gasteiger partial charge in [-0.15, -0.1) is 6.58 Å². The van der Waals surface area contributed by atoms with Crippen molar-refractivity contribution in [3.8, 4) is 0 Å². The van der Waals surface area contributed by atoms with Crippen LogP contribution < -0.4 is 5.56 Å². The van der Waals surface area contributed by atoms with Gasteiger partial charge in [-0.1, -0.05) is 17.4 Å². The summed E-state index contributed by atoms with van der Waals surface area (Å²) in [6.07, 6.45) is 5.41. The number of nitrogens with zero attached hydrogens (tertiary/aromatic N) is 5. The molecular weight excluding hydrogens is 344 g/mol. The molecule has 3 heterocycles. The van der Waals surface area contributed by atoms with Crippen LogP contribution in [0.3, 0.4) is 0 Å². The van der Waals surface area contributed by atoms with Gasteiger partial charge < -0.3 is 4.57 Å². The average molecular weight is 355 g/mol. The molecule has 0 amide bonds. The van der Waals surface area contributed by atoms with E-state index >= 15 is 0 Å². The van der Waals surface area contributed by atoms with E-state index in [2.05, 4.69) is 16.5 Å². The van der Waals surface area contributed by atoms with E-state index in [4.69, 9.17) is 12.2 Å². The number of fused-ring (bicyclic) bond motifs is 1. The fraction of sp³-hybridized carbons (Fsp3) is 0.231. The third-order valence-corrected chi connectivity index (χ3v) is 4.65. The van der Waals surface area contributed by atoms with Gasteiger partial charge in [-0.2, -0.15) is 8.78 Å². The van der Waals surface area contributed by atoms with Gasteiger partial charge >= 0.3 is 6.55 Å². The van der Waals surface area contributed by atoms with Crippen LogP contribution >= 0.6 is 23.6 Å². The zero-order chi connectivity index (χ0) is 16.6. The topological polar surface area (TPSA) is 57.6 Å². The lowest BCUT2D eigenvalue weighted by Crippen LogP contribution is -2.22. The second kappa shape index (κ2) is 6.13. The Hall–Kier alpha value is -2.20. The highest BCUT2D eigenvalue weighted by molar-refractivity contribution is 7.73. The third-order valence-electron chi connectivity index (χ3n) is 3.23. The number of alkyl halides is 2. The minimum absolute atomic E-state index is 0.0809. The average Bonchev–Trinajstić information content (AvgIpc) is 3.09. The van der Waals surface area contributed by atoms with Crippen LogP contribution in [0.25, 0.3) is 10.3 Å². The fourth-order valence-corrected chi connectivity index (χ4v) is 3.49. The van der Waals surface area contributed by atoms with Crippen molar-refractivity contribution in [2.24, 2.45) is 0 Å². The van der Waals surface area contributed by atoms with Gasteiger partial charge in [-0.25, -0.2) is 9.97 Å². The largest absolute Gasteiger partial charge is 0.319 e. The molecule has 0 unspecified atom stereocenters. The molecule has 0 spiro atoms. The lowest BCUT2D eigenvalue weighted by molar-refractivity contribution is 0.0666. The Kier molecular flexibility index (Phi) is 4.18. The van der Waals surface area contributed by atoms with E-state index in [0.717, 1.165) is 11.3 Å². The van der Waals surface area contributed by atoms with Crippen LogP contribution in [0.1, 0.15) is 12.4 Å². The number of halogens is 2. The van der Waals surface area contributed by atoms with Gasteiger partial charge in [-0.05, 0) is 12.2 Å². The molecule has 0 saturated carbocycles. The van der Waals surface area contributed by atoms with Gasteiger partial charge in [0.2, 0.25) is 0 Å². The number of allylic oxidation sites excluding steroid dienone is 1. The lowest BCUT2D eigenvalue weighted by Gasteiger charge is -2.08. The molecule has 0 aromatic carbocycles. The van der Waals surface area contributed by atoms with E-state index < -0.39 is 6.55 Å². The van der Waals surface area contributed by atoms with Gasteiger partial charge in [0.15, 0.2) is 9.60 Å². The first-order chi connectivity index (χ1) is 11.0. The number of rotatable bonds is 5. The maximum atomic E-state index is 12.9. The molecule has 0 saturated heterocycles. The van der Waals surface area contributed by atoms with Crippen LogP contribution in [0.4, 0.5) is 8.78 Å². The summed E-state index contributed by atoms with van der Waals surface area (Å²) in [7, 11) is 0.